The standard InChI is InChI=1S/C45H40Cl3N5O5/c1-25-7-5-16-53-41(31-12-11-28(46)23-33(31)48)32-22-29(47)24-35-38(32)39(42(53)37(25)26-8-3-2-4-9-26)40(49-35)43(54)50-34-21-27(44(55)56)10-13-36(34)51-18-14-30(15-19-51)52-17-6-20-58-45(52)57/h2-5,8-13,16,21-25,30,41,49H,6-7,14-15,17-20H2,1H3,(H,50,54)(H,55,56). The van der Waals surface area contributed by atoms with Crippen LogP contribution in [-0.4, -0.2) is 70.1 Å². The number of ether oxygens (including phenoxy) is 1. The van der Waals surface area contributed by atoms with E-state index in [2.05, 4.69) is 51.4 Å². The summed E-state index contributed by atoms with van der Waals surface area (Å²) in [4.78, 5) is 49.4. The van der Waals surface area contributed by atoms with E-state index in [0.29, 0.717) is 82.3 Å². The Kier molecular flexibility index (Phi) is 10.1. The molecule has 5 aromatic rings. The van der Waals surface area contributed by atoms with Crippen molar-refractivity contribution in [3.05, 3.63) is 140 Å². The maximum absolute atomic E-state index is 15.0. The summed E-state index contributed by atoms with van der Waals surface area (Å²) in [6.07, 6.45) is 6.90. The third-order valence-corrected chi connectivity index (χ3v) is 12.6. The Bertz CT molecular complexity index is 2540. The number of anilines is 2. The summed E-state index contributed by atoms with van der Waals surface area (Å²) in [6.45, 7) is 4.50. The number of H-pyrrole nitrogens is 1. The van der Waals surface area contributed by atoms with Gasteiger partial charge < -0.3 is 34.8 Å². The van der Waals surface area contributed by atoms with Crippen molar-refractivity contribution in [2.24, 2.45) is 5.92 Å². The molecule has 2 unspecified atom stereocenters. The van der Waals surface area contributed by atoms with Crippen molar-refractivity contribution in [1.29, 1.82) is 0 Å². The van der Waals surface area contributed by atoms with Crippen LogP contribution in [0.4, 0.5) is 16.2 Å². The molecule has 4 aliphatic rings. The molecule has 4 aliphatic heterocycles. The number of allylic oxidation sites excluding steroid dienone is 2. The van der Waals surface area contributed by atoms with E-state index in [0.717, 1.165) is 46.2 Å². The number of amides is 2. The molecule has 10 nitrogen and oxygen atoms in total. The predicted octanol–water partition coefficient (Wildman–Crippen LogP) is 10.7. The van der Waals surface area contributed by atoms with Crippen LogP contribution in [0, 0.1) is 5.92 Å². The molecule has 0 spiro atoms. The van der Waals surface area contributed by atoms with Gasteiger partial charge in [0.2, 0.25) is 0 Å². The molecule has 58 heavy (non-hydrogen) atoms. The van der Waals surface area contributed by atoms with E-state index < -0.39 is 17.9 Å². The molecule has 0 saturated carbocycles. The summed E-state index contributed by atoms with van der Waals surface area (Å²) >= 11 is 20.3. The zero-order chi connectivity index (χ0) is 40.2. The van der Waals surface area contributed by atoms with Gasteiger partial charge in [-0.25, -0.2) is 9.59 Å². The minimum atomic E-state index is -1.11. The van der Waals surface area contributed by atoms with E-state index in [1.807, 2.05) is 47.4 Å². The Morgan fingerprint density at radius 2 is 1.71 bits per heavy atom. The third kappa shape index (κ3) is 6.76. The van der Waals surface area contributed by atoms with Gasteiger partial charge in [0.1, 0.15) is 5.69 Å². The minimum absolute atomic E-state index is 0.0403. The fourth-order valence-electron chi connectivity index (χ4n) is 9.15. The molecule has 2 fully saturated rings. The van der Waals surface area contributed by atoms with Crippen LogP contribution in [0.15, 0.2) is 91.1 Å². The number of rotatable bonds is 7. The molecule has 3 N–H and O–H groups in total. The van der Waals surface area contributed by atoms with Gasteiger partial charge in [0.25, 0.3) is 5.91 Å². The maximum Gasteiger partial charge on any atom is 0.410 e. The fraction of sp³-hybridized carbons (Fsp3) is 0.267. The number of carboxylic acids is 1. The van der Waals surface area contributed by atoms with Crippen molar-refractivity contribution >= 4 is 86.3 Å². The van der Waals surface area contributed by atoms with E-state index >= 15 is 4.79 Å². The van der Waals surface area contributed by atoms with Gasteiger partial charge >= 0.3 is 12.1 Å². The van der Waals surface area contributed by atoms with Crippen LogP contribution in [-0.2, 0) is 4.74 Å². The minimum Gasteiger partial charge on any atom is -0.478 e. The molecule has 4 aromatic carbocycles. The van der Waals surface area contributed by atoms with Crippen molar-refractivity contribution in [2.45, 2.75) is 44.7 Å². The Morgan fingerprint density at radius 3 is 2.45 bits per heavy atom. The van der Waals surface area contributed by atoms with Crippen LogP contribution in [0.3, 0.4) is 0 Å². The van der Waals surface area contributed by atoms with E-state index in [9.17, 15) is 14.7 Å². The number of carboxylic acid groups (broad SMARTS) is 1. The summed E-state index contributed by atoms with van der Waals surface area (Å²) in [5.41, 5.74) is 7.43. The summed E-state index contributed by atoms with van der Waals surface area (Å²) in [5.74, 6) is -1.49. The van der Waals surface area contributed by atoms with Gasteiger partial charge in [-0.15, -0.1) is 0 Å². The Balaban J connectivity index is 1.19. The first-order valence-electron chi connectivity index (χ1n) is 19.5. The number of carbonyl (C=O) groups excluding carboxylic acids is 2. The van der Waals surface area contributed by atoms with Gasteiger partial charge in [-0.1, -0.05) is 84.2 Å². The van der Waals surface area contributed by atoms with E-state index in [1.165, 1.54) is 6.07 Å². The highest BCUT2D eigenvalue weighted by Crippen LogP contribution is 2.54. The fourth-order valence-corrected chi connectivity index (χ4v) is 9.89. The first-order valence-corrected chi connectivity index (χ1v) is 20.6. The second-order valence-electron chi connectivity index (χ2n) is 15.3. The number of hydrogen-bond donors (Lipinski definition) is 3. The first-order chi connectivity index (χ1) is 28.1. The Labute approximate surface area is 350 Å². The van der Waals surface area contributed by atoms with Crippen LogP contribution in [0.2, 0.25) is 15.1 Å². The number of carbonyl (C=O) groups is 3. The SMILES string of the molecule is CC1CC=CN2C(=C1c1ccccc1)c1c(C(=O)Nc3cc(C(=O)O)ccc3N3CCC(N4CCCOC4=O)CC3)[nH]c3cc(Cl)cc(c13)C2c1ccc(Cl)cc1Cl. The molecule has 0 bridgehead atoms. The maximum atomic E-state index is 15.0. The monoisotopic (exact) mass is 835 g/mol. The number of fused-ring (bicyclic) bond motifs is 2. The third-order valence-electron chi connectivity index (χ3n) is 11.8. The molecule has 2 amide bonds. The van der Waals surface area contributed by atoms with Crippen molar-refractivity contribution in [3.63, 3.8) is 0 Å². The quantitative estimate of drug-likeness (QED) is 0.149. The number of cyclic esters (lactones) is 1. The summed E-state index contributed by atoms with van der Waals surface area (Å²) in [6, 6.07) is 23.9. The number of aromatic carboxylic acids is 1. The van der Waals surface area contributed by atoms with Gasteiger partial charge in [0.15, 0.2) is 0 Å². The van der Waals surface area contributed by atoms with Crippen LogP contribution in [0.1, 0.15) is 81.7 Å². The molecular weight excluding hydrogens is 797 g/mol. The number of halogens is 3. The smallest absolute Gasteiger partial charge is 0.410 e. The molecule has 296 valence electrons. The Morgan fingerprint density at radius 1 is 0.914 bits per heavy atom. The molecule has 0 aliphatic carbocycles. The summed E-state index contributed by atoms with van der Waals surface area (Å²) < 4.78 is 5.31. The van der Waals surface area contributed by atoms with Crippen LogP contribution in [0.25, 0.3) is 22.2 Å². The molecule has 9 rings (SSSR count). The lowest BCUT2D eigenvalue weighted by molar-refractivity contribution is 0.0499. The van der Waals surface area contributed by atoms with E-state index in [4.69, 9.17) is 39.5 Å². The average Bonchev–Trinajstić information content (AvgIpc) is 3.50. The van der Waals surface area contributed by atoms with Crippen LogP contribution >= 0.6 is 34.8 Å². The number of aromatic nitrogens is 1. The molecule has 2 atom stereocenters. The number of hydrogen-bond acceptors (Lipinski definition) is 6. The van der Waals surface area contributed by atoms with Crippen molar-refractivity contribution in [2.75, 3.05) is 36.5 Å². The average molecular weight is 837 g/mol. The number of nitrogens with zero attached hydrogens (tertiary/aromatic N) is 3. The number of aromatic amines is 1. The molecular formula is C45H40Cl3N5O5. The lowest BCUT2D eigenvalue weighted by Gasteiger charge is -2.40. The van der Waals surface area contributed by atoms with E-state index in [1.54, 1.807) is 18.2 Å². The highest BCUT2D eigenvalue weighted by Gasteiger charge is 2.41. The lowest BCUT2D eigenvalue weighted by atomic mass is 9.82. The molecule has 1 aromatic heterocycles. The number of benzene rings is 4. The van der Waals surface area contributed by atoms with Gasteiger partial charge in [-0.05, 0) is 96.3 Å². The van der Waals surface area contributed by atoms with Crippen LogP contribution < -0.4 is 10.2 Å². The van der Waals surface area contributed by atoms with Gasteiger partial charge in [-0.2, -0.15) is 0 Å². The zero-order valence-electron chi connectivity index (χ0n) is 31.6. The highest BCUT2D eigenvalue weighted by molar-refractivity contribution is 6.35. The van der Waals surface area contributed by atoms with Crippen molar-refractivity contribution < 1.29 is 24.2 Å². The second-order valence-corrected chi connectivity index (χ2v) is 16.6. The summed E-state index contributed by atoms with van der Waals surface area (Å²) in [5, 5.41) is 15.5. The largest absolute Gasteiger partial charge is 0.478 e. The number of piperidine rings is 1. The Hall–Kier alpha value is -5.42. The van der Waals surface area contributed by atoms with Crippen LogP contribution in [0.5, 0.6) is 0 Å². The molecule has 13 heteroatoms. The van der Waals surface area contributed by atoms with Gasteiger partial charge in [0, 0.05) is 63.4 Å². The molecule has 2 saturated heterocycles. The number of nitrogens with one attached hydrogen (secondary N) is 2. The van der Waals surface area contributed by atoms with Gasteiger partial charge in [-0.3, -0.25) is 4.79 Å². The predicted molar refractivity (Wildman–Crippen MR) is 229 cm³/mol. The summed E-state index contributed by atoms with van der Waals surface area (Å²) in [7, 11) is 0. The first kappa shape index (κ1) is 38.1. The normalized spacial score (nSPS) is 19.6. The zero-order valence-corrected chi connectivity index (χ0v) is 33.9. The molecule has 0 radical (unpaired) electrons. The lowest BCUT2D eigenvalue weighted by Crippen LogP contribution is -2.50. The molecule has 5 heterocycles. The van der Waals surface area contributed by atoms with E-state index in [-0.39, 0.29) is 23.6 Å². The topological polar surface area (TPSA) is 118 Å². The van der Waals surface area contributed by atoms with Crippen molar-refractivity contribution in [3.8, 4) is 0 Å². The van der Waals surface area contributed by atoms with Gasteiger partial charge in [0.05, 0.1) is 35.3 Å². The second kappa shape index (κ2) is 15.4. The highest BCUT2D eigenvalue weighted by atomic mass is 35.5. The van der Waals surface area contributed by atoms with Crippen molar-refractivity contribution in [1.82, 2.24) is 14.8 Å².